The van der Waals surface area contributed by atoms with E-state index in [1.54, 1.807) is 105 Å². The zero-order chi connectivity index (χ0) is 83.4. The van der Waals surface area contributed by atoms with Crippen LogP contribution in [-0.4, -0.2) is 212 Å². The van der Waals surface area contributed by atoms with Gasteiger partial charge in [-0.3, -0.25) is 68.4 Å². The fourth-order valence-electron chi connectivity index (χ4n) is 12.2. The molecule has 616 valence electrons. The summed E-state index contributed by atoms with van der Waals surface area (Å²) in [5, 5.41) is 80.2. The van der Waals surface area contributed by atoms with Crippen molar-refractivity contribution in [3.05, 3.63) is 156 Å². The topological polar surface area (TPSA) is 618 Å². The third kappa shape index (κ3) is 31.0. The lowest BCUT2D eigenvalue weighted by Crippen LogP contribution is -2.61. The van der Waals surface area contributed by atoms with E-state index in [0.29, 0.717) is 40.4 Å². The van der Waals surface area contributed by atoms with Gasteiger partial charge in [-0.05, 0) is 125 Å². The van der Waals surface area contributed by atoms with Crippen LogP contribution in [0.25, 0.3) is 10.9 Å². The van der Waals surface area contributed by atoms with Gasteiger partial charge in [0.2, 0.25) is 65.0 Å². The van der Waals surface area contributed by atoms with Gasteiger partial charge < -0.3 is 117 Å². The Balaban J connectivity index is 1.24. The van der Waals surface area contributed by atoms with Crippen LogP contribution in [0.15, 0.2) is 128 Å². The number of amides is 11. The van der Waals surface area contributed by atoms with Crippen LogP contribution in [0.3, 0.4) is 0 Å². The lowest BCUT2D eigenvalue weighted by Gasteiger charge is -2.28. The third-order valence-corrected chi connectivity index (χ3v) is 18.3. The van der Waals surface area contributed by atoms with Gasteiger partial charge in [-0.15, -0.1) is 0 Å². The normalized spacial score (nSPS) is 14.3. The predicted molar refractivity (Wildman–Crippen MR) is 422 cm³/mol. The van der Waals surface area contributed by atoms with Gasteiger partial charge in [-0.2, -0.15) is 0 Å². The number of carbonyl (C=O) groups excluding carboxylic acids is 11. The van der Waals surface area contributed by atoms with Crippen molar-refractivity contribution < 1.29 is 72.9 Å². The van der Waals surface area contributed by atoms with E-state index in [2.05, 4.69) is 84.1 Å². The molecule has 0 bridgehead atoms. The first-order valence-electron chi connectivity index (χ1n) is 37.6. The predicted octanol–water partition coefficient (Wildman–Crippen LogP) is -2.41. The highest BCUT2D eigenvalue weighted by Crippen LogP contribution is 2.21. The minimum Gasteiger partial charge on any atom is -0.508 e. The summed E-state index contributed by atoms with van der Waals surface area (Å²) in [6, 6.07) is 14.3. The van der Waals surface area contributed by atoms with Crippen LogP contribution < -0.4 is 92.1 Å². The second-order valence-electron chi connectivity index (χ2n) is 28.1. The maximum atomic E-state index is 15.1. The van der Waals surface area contributed by atoms with Crippen LogP contribution in [0.2, 0.25) is 0 Å². The molecule has 6 aromatic rings. The number of carbonyl (C=O) groups is 12. The van der Waals surface area contributed by atoms with Gasteiger partial charge in [-0.1, -0.05) is 105 Å². The molecule has 0 unspecified atom stereocenters. The number of phenolic OH excluding ortho intramolecular Hbond substituents is 1. The number of rotatable bonds is 48. The number of nitrogens with zero attached hydrogens (tertiary/aromatic N) is 1. The molecule has 12 atom stereocenters. The minimum atomic E-state index is -1.72. The molecule has 11 amide bonds. The number of carboxylic acid groups (broad SMARTS) is 1. The Morgan fingerprint density at radius 1 is 0.465 bits per heavy atom. The fourth-order valence-corrected chi connectivity index (χ4v) is 12.2. The third-order valence-electron chi connectivity index (χ3n) is 18.3. The number of carboxylic acids is 1. The van der Waals surface area contributed by atoms with E-state index in [1.807, 2.05) is 0 Å². The fraction of sp³-hybridized carbons (Fsp3) is 0.442. The van der Waals surface area contributed by atoms with E-state index in [4.69, 9.17) is 33.8 Å². The molecule has 0 aliphatic carbocycles. The molecular weight excluding hydrogens is 1470 g/mol. The average molecular weight is 1580 g/mol. The highest BCUT2D eigenvalue weighted by Gasteiger charge is 2.38. The Morgan fingerprint density at radius 3 is 1.41 bits per heavy atom. The molecule has 0 saturated carbocycles. The van der Waals surface area contributed by atoms with E-state index in [1.165, 1.54) is 50.6 Å². The van der Waals surface area contributed by atoms with Crippen molar-refractivity contribution in [3.8, 4) is 5.75 Å². The molecule has 37 heteroatoms. The highest BCUT2D eigenvalue weighted by molar-refractivity contribution is 6.00. The first kappa shape index (κ1) is 90.4. The molecule has 0 radical (unpaired) electrons. The molecule has 4 aromatic carbocycles. The second kappa shape index (κ2) is 46.4. The number of aromatic nitrogens is 3. The van der Waals surface area contributed by atoms with Crippen molar-refractivity contribution in [2.75, 3.05) is 26.2 Å². The largest absolute Gasteiger partial charge is 0.508 e. The summed E-state index contributed by atoms with van der Waals surface area (Å²) in [7, 11) is 0. The molecule has 0 fully saturated rings. The summed E-state index contributed by atoms with van der Waals surface area (Å²) in [5.74, 6) is -12.3. The summed E-state index contributed by atoms with van der Waals surface area (Å²) >= 11 is 0. The number of nitrogens with one attached hydrogen (secondary N) is 17. The second-order valence-corrected chi connectivity index (χ2v) is 28.1. The maximum Gasteiger partial charge on any atom is 0.322 e. The van der Waals surface area contributed by atoms with Crippen LogP contribution in [-0.2, 0) is 89.6 Å². The maximum absolute atomic E-state index is 15.1. The number of benzene rings is 4. The average Bonchev–Trinajstić information content (AvgIpc) is 1.64. The number of guanidine groups is 2. The number of aliphatic hydroxyl groups is 1. The van der Waals surface area contributed by atoms with E-state index < -0.39 is 150 Å². The molecule has 0 aliphatic rings. The number of aromatic hydroxyl groups is 1. The smallest absolute Gasteiger partial charge is 0.322 e. The number of nitrogens with two attached hydrogens (primary N) is 4. The van der Waals surface area contributed by atoms with Gasteiger partial charge in [0.1, 0.15) is 72.7 Å². The number of imidazole rings is 1. The Labute approximate surface area is 659 Å². The Morgan fingerprint density at radius 2 is 0.904 bits per heavy atom. The monoisotopic (exact) mass is 1580 g/mol. The number of aliphatic carboxylic acids is 1. The molecule has 0 spiro atoms. The summed E-state index contributed by atoms with van der Waals surface area (Å²) in [5.41, 5.74) is 26.4. The van der Waals surface area contributed by atoms with E-state index in [-0.39, 0.29) is 120 Å². The summed E-state index contributed by atoms with van der Waals surface area (Å²) in [6.45, 7) is 5.66. The molecule has 2 heterocycles. The van der Waals surface area contributed by atoms with Crippen LogP contribution in [0, 0.1) is 16.7 Å². The minimum absolute atomic E-state index is 0.000463. The molecule has 114 heavy (non-hydrogen) atoms. The van der Waals surface area contributed by atoms with Crippen molar-refractivity contribution in [1.82, 2.24) is 84.1 Å². The van der Waals surface area contributed by atoms with Crippen LogP contribution in [0.5, 0.6) is 5.75 Å². The standard InChI is InChI=1S/C77H108N22O15/c1-43(2)33-58(70(109)98-62(38-50-40-84-42-89-50)73(112)97-61(37-49-39-87-54-22-12-11-21-52(49)54)72(111)96-60(36-48-26-28-51(101)29-27-48)74(113)99-64(45(4)100)75(114)88-41-63(102)103)95-71(110)59(35-47-19-9-6-10-20-47)94-65(104)44(3)90-67(106)55(23-13-14-30-78)92-69(108)57(25-16-32-86-77(82)83)93-68(107)56(24-15-31-85-76(80)81)91-66(105)53(79)34-46-17-7-5-8-18-46/h5-12,17-22,26-29,39-40,42-45,53,55-62,64,87,100-101H,13-16,23-25,30-38,41,78-79H2,1-4H3,(H,84,89)(H,88,114)(H,90,106)(H,91,105)(H,92,108)(H,93,107)(H,94,104)(H,95,110)(H,96,111)(H,97,112)(H,98,109)(H,99,113)(H,102,103)(H4,80,81,85)(H4,82,83,86)/t44-,45+,53-,55-,56-,57-,58-,59-,60-,61-,62-,64-/m0/s1. The number of phenols is 1. The molecule has 6 rings (SSSR count). The van der Waals surface area contributed by atoms with Gasteiger partial charge >= 0.3 is 5.97 Å². The van der Waals surface area contributed by atoms with Crippen LogP contribution >= 0.6 is 0 Å². The molecule has 0 saturated heterocycles. The summed E-state index contributed by atoms with van der Waals surface area (Å²) in [6.07, 6.45) is 2.92. The number of aromatic amines is 2. The molecular formula is C77H108N22O15. The first-order chi connectivity index (χ1) is 54.4. The number of hydrogen-bond donors (Lipinski definition) is 24. The summed E-state index contributed by atoms with van der Waals surface area (Å²) < 4.78 is 0. The number of aliphatic hydroxyl groups excluding tert-OH is 1. The van der Waals surface area contributed by atoms with Crippen LogP contribution in [0.4, 0.5) is 0 Å². The number of hydrogen-bond acceptors (Lipinski definition) is 19. The number of H-pyrrole nitrogens is 2. The molecule has 37 nitrogen and oxygen atoms in total. The summed E-state index contributed by atoms with van der Waals surface area (Å²) in [4.78, 5) is 181. The molecule has 2 aromatic heterocycles. The van der Waals surface area contributed by atoms with Gasteiger partial charge in [0.25, 0.3) is 0 Å². The molecule has 28 N–H and O–H groups in total. The van der Waals surface area contributed by atoms with Crippen molar-refractivity contribution in [3.63, 3.8) is 0 Å². The number of fused-ring (bicyclic) bond motifs is 1. The molecule has 0 aliphatic heterocycles. The lowest BCUT2D eigenvalue weighted by atomic mass is 9.99. The SMILES string of the molecule is CC(C)C[C@H](NC(=O)[C@H](Cc1ccccc1)NC(=O)[C@H](C)NC(=O)[C@H](CCCCN)NC(=O)[C@H](CCCNC(=N)N)NC(=O)[C@H](CCCNC(=N)N)NC(=O)[C@@H](N)Cc1ccccc1)C(=O)N[C@@H](Cc1c[nH]cn1)C(=O)N[C@@H](Cc1c[nH]c2ccccc12)C(=O)N[C@@H](Cc1ccc(O)cc1)C(=O)N[C@H](C(=O)NCC(=O)O)[C@@H](C)O. The van der Waals surface area contributed by atoms with Gasteiger partial charge in [0.05, 0.1) is 24.2 Å². The Bertz CT molecular complexity index is 4190. The van der Waals surface area contributed by atoms with Crippen molar-refractivity contribution >= 4 is 93.8 Å². The van der Waals surface area contributed by atoms with E-state index in [9.17, 15) is 58.5 Å². The lowest BCUT2D eigenvalue weighted by molar-refractivity contribution is -0.139. The quantitative estimate of drug-likeness (QED) is 0.0107. The van der Waals surface area contributed by atoms with E-state index >= 15 is 14.4 Å². The van der Waals surface area contributed by atoms with Crippen LogP contribution in [0.1, 0.15) is 107 Å². The Kier molecular flexibility index (Phi) is 36.7. The number of para-hydroxylation sites is 1. The highest BCUT2D eigenvalue weighted by atomic mass is 16.4. The van der Waals surface area contributed by atoms with E-state index in [0.717, 1.165) is 5.56 Å². The van der Waals surface area contributed by atoms with Gasteiger partial charge in [0, 0.05) is 62.1 Å². The van der Waals surface area contributed by atoms with Crippen molar-refractivity contribution in [2.24, 2.45) is 28.9 Å². The van der Waals surface area contributed by atoms with Crippen molar-refractivity contribution in [2.45, 2.75) is 184 Å². The zero-order valence-corrected chi connectivity index (χ0v) is 64.1. The zero-order valence-electron chi connectivity index (χ0n) is 64.1. The number of unbranched alkanes of at least 4 members (excludes halogenated alkanes) is 1. The van der Waals surface area contributed by atoms with Crippen molar-refractivity contribution in [1.29, 1.82) is 10.8 Å². The Hall–Kier alpha value is -12.5. The first-order valence-corrected chi connectivity index (χ1v) is 37.6. The van der Waals surface area contributed by atoms with Gasteiger partial charge in [0.15, 0.2) is 11.9 Å². The van der Waals surface area contributed by atoms with Gasteiger partial charge in [-0.25, -0.2) is 4.98 Å².